The predicted octanol–water partition coefficient (Wildman–Crippen LogP) is 7.04. The summed E-state index contributed by atoms with van der Waals surface area (Å²) in [6.45, 7) is 2.54. The highest BCUT2D eigenvalue weighted by atomic mass is 35.5. The normalized spacial score (nSPS) is 11.3. The third-order valence-electron chi connectivity index (χ3n) is 5.27. The number of anilines is 1. The second-order valence-electron chi connectivity index (χ2n) is 7.75. The minimum Gasteiger partial charge on any atom is -0.494 e. The zero-order valence-corrected chi connectivity index (χ0v) is 20.6. The van der Waals surface area contributed by atoms with Gasteiger partial charge in [0.25, 0.3) is 0 Å². The van der Waals surface area contributed by atoms with Gasteiger partial charge in [-0.25, -0.2) is 0 Å². The van der Waals surface area contributed by atoms with Crippen LogP contribution in [0.3, 0.4) is 0 Å². The van der Waals surface area contributed by atoms with Gasteiger partial charge in [0.15, 0.2) is 0 Å². The van der Waals surface area contributed by atoms with Gasteiger partial charge in [-0.1, -0.05) is 29.3 Å². The van der Waals surface area contributed by atoms with Gasteiger partial charge >= 0.3 is 0 Å². The average Bonchev–Trinajstić information content (AvgIpc) is 3.52. The molecule has 0 radical (unpaired) electrons. The van der Waals surface area contributed by atoms with Gasteiger partial charge in [0.1, 0.15) is 28.3 Å². The summed E-state index contributed by atoms with van der Waals surface area (Å²) < 4.78 is 11.3. The maximum absolute atomic E-state index is 12.5. The Labute approximate surface area is 216 Å². The molecule has 0 atom stereocenters. The topological polar surface area (TPSA) is 82.2 Å². The van der Waals surface area contributed by atoms with E-state index in [2.05, 4.69) is 15.5 Å². The molecule has 0 aliphatic rings. The Kier molecular flexibility index (Phi) is 6.75. The van der Waals surface area contributed by atoms with Gasteiger partial charge in [-0.05, 0) is 79.7 Å². The van der Waals surface area contributed by atoms with Crippen LogP contribution in [0.25, 0.3) is 34.1 Å². The van der Waals surface area contributed by atoms with Crippen LogP contribution in [-0.4, -0.2) is 27.5 Å². The minimum absolute atomic E-state index is 0.313. The first kappa shape index (κ1) is 23.7. The van der Waals surface area contributed by atoms with Crippen LogP contribution in [0.4, 0.5) is 5.69 Å². The smallest absolute Gasteiger partial charge is 0.248 e. The number of furan rings is 1. The molecule has 0 aliphatic heterocycles. The van der Waals surface area contributed by atoms with E-state index in [0.29, 0.717) is 50.5 Å². The van der Waals surface area contributed by atoms with E-state index in [-0.39, 0.29) is 5.91 Å². The summed E-state index contributed by atoms with van der Waals surface area (Å²) >= 11 is 12.3. The number of nitrogens with one attached hydrogen (secondary N) is 1. The summed E-state index contributed by atoms with van der Waals surface area (Å²) in [5.41, 5.74) is 3.45. The Balaban J connectivity index is 1.27. The van der Waals surface area contributed by atoms with E-state index in [1.165, 1.54) is 6.08 Å². The van der Waals surface area contributed by atoms with Gasteiger partial charge in [-0.2, -0.15) is 4.80 Å². The summed E-state index contributed by atoms with van der Waals surface area (Å²) in [4.78, 5) is 14.0. The van der Waals surface area contributed by atoms with E-state index in [1.54, 1.807) is 53.3 Å². The molecule has 9 heteroatoms. The maximum Gasteiger partial charge on any atom is 0.248 e. The maximum atomic E-state index is 12.5. The first-order chi connectivity index (χ1) is 17.5. The number of fused-ring (bicyclic) bond motifs is 1. The van der Waals surface area contributed by atoms with Crippen LogP contribution in [0.5, 0.6) is 5.75 Å². The molecule has 0 saturated carbocycles. The Morgan fingerprint density at radius 2 is 1.83 bits per heavy atom. The van der Waals surface area contributed by atoms with Crippen molar-refractivity contribution in [2.45, 2.75) is 6.92 Å². The molecule has 0 fully saturated rings. The summed E-state index contributed by atoms with van der Waals surface area (Å²) in [5.74, 6) is 1.54. The van der Waals surface area contributed by atoms with E-state index in [9.17, 15) is 4.79 Å². The highest BCUT2D eigenvalue weighted by Crippen LogP contribution is 2.34. The molecule has 180 valence electrons. The van der Waals surface area contributed by atoms with Crippen LogP contribution in [-0.2, 0) is 4.79 Å². The van der Waals surface area contributed by atoms with E-state index >= 15 is 0 Å². The van der Waals surface area contributed by atoms with Crippen LogP contribution in [0, 0.1) is 0 Å². The van der Waals surface area contributed by atoms with Crippen LogP contribution in [0.1, 0.15) is 12.7 Å². The lowest BCUT2D eigenvalue weighted by atomic mass is 10.2. The predicted molar refractivity (Wildman–Crippen MR) is 142 cm³/mol. The Hall–Kier alpha value is -4.07. The van der Waals surface area contributed by atoms with Crippen molar-refractivity contribution < 1.29 is 13.9 Å². The van der Waals surface area contributed by atoms with Gasteiger partial charge < -0.3 is 14.5 Å². The number of rotatable bonds is 7. The average molecular weight is 519 g/mol. The first-order valence-corrected chi connectivity index (χ1v) is 11.9. The number of amides is 1. The van der Waals surface area contributed by atoms with Gasteiger partial charge in [-0.15, -0.1) is 10.2 Å². The fraction of sp³-hybridized carbons (Fsp3) is 0.0741. The van der Waals surface area contributed by atoms with Crippen LogP contribution >= 0.6 is 23.2 Å². The molecular weight excluding hydrogens is 499 g/mol. The molecule has 5 aromatic rings. The Morgan fingerprint density at radius 1 is 1.03 bits per heavy atom. The van der Waals surface area contributed by atoms with Crippen molar-refractivity contribution in [2.75, 3.05) is 11.9 Å². The molecule has 0 aliphatic carbocycles. The second kappa shape index (κ2) is 10.3. The fourth-order valence-corrected chi connectivity index (χ4v) is 3.97. The number of nitrogens with zero attached hydrogens (tertiary/aromatic N) is 3. The van der Waals surface area contributed by atoms with Crippen LogP contribution < -0.4 is 10.1 Å². The molecule has 1 N–H and O–H groups in total. The van der Waals surface area contributed by atoms with E-state index < -0.39 is 0 Å². The third-order valence-corrected chi connectivity index (χ3v) is 6.09. The van der Waals surface area contributed by atoms with Crippen molar-refractivity contribution in [2.24, 2.45) is 0 Å². The number of carbonyl (C=O) groups is 1. The molecule has 0 bridgehead atoms. The SMILES string of the molecule is CCOc1ccc(-n2nc3ccc(NC(=O)C=Cc4ccc(-c5cccc(Cl)c5Cl)o4)cc3n2)cc1. The lowest BCUT2D eigenvalue weighted by Crippen LogP contribution is -2.07. The number of benzene rings is 3. The summed E-state index contributed by atoms with van der Waals surface area (Å²) in [5, 5.41) is 12.7. The highest BCUT2D eigenvalue weighted by Gasteiger charge is 2.11. The van der Waals surface area contributed by atoms with Crippen molar-refractivity contribution in [3.63, 3.8) is 0 Å². The molecular formula is C27H20Cl2N4O3. The second-order valence-corrected chi connectivity index (χ2v) is 8.53. The molecule has 2 heterocycles. The summed E-state index contributed by atoms with van der Waals surface area (Å²) in [7, 11) is 0. The zero-order valence-electron chi connectivity index (χ0n) is 19.1. The largest absolute Gasteiger partial charge is 0.494 e. The number of aromatic nitrogens is 3. The third kappa shape index (κ3) is 5.12. The molecule has 1 amide bonds. The summed E-state index contributed by atoms with van der Waals surface area (Å²) in [6.07, 6.45) is 2.97. The lowest BCUT2D eigenvalue weighted by molar-refractivity contribution is -0.111. The Bertz CT molecular complexity index is 1570. The van der Waals surface area contributed by atoms with Gasteiger partial charge in [-0.3, -0.25) is 4.79 Å². The zero-order chi connectivity index (χ0) is 25.1. The number of hydrogen-bond donors (Lipinski definition) is 1. The Morgan fingerprint density at radius 3 is 2.64 bits per heavy atom. The van der Waals surface area contributed by atoms with Crippen molar-refractivity contribution in [1.82, 2.24) is 15.0 Å². The molecule has 0 saturated heterocycles. The molecule has 3 aromatic carbocycles. The van der Waals surface area contributed by atoms with Crippen molar-refractivity contribution in [1.29, 1.82) is 0 Å². The van der Waals surface area contributed by atoms with E-state index in [1.807, 2.05) is 37.3 Å². The monoisotopic (exact) mass is 518 g/mol. The van der Waals surface area contributed by atoms with E-state index in [4.69, 9.17) is 32.4 Å². The number of ether oxygens (including phenoxy) is 1. The van der Waals surface area contributed by atoms with Crippen molar-refractivity contribution in [3.8, 4) is 22.8 Å². The quantitative estimate of drug-likeness (QED) is 0.233. The summed E-state index contributed by atoms with van der Waals surface area (Å²) in [6, 6.07) is 21.7. The standard InChI is InChI=1S/C27H20Cl2N4O3/c1-2-35-19-9-7-18(8-10-19)33-31-23-13-6-17(16-24(23)32-33)30-26(34)15-12-20-11-14-25(36-20)21-4-3-5-22(28)27(21)29/h3-16H,2H2,1H3,(H,30,34). The molecule has 36 heavy (non-hydrogen) atoms. The highest BCUT2D eigenvalue weighted by molar-refractivity contribution is 6.43. The first-order valence-electron chi connectivity index (χ1n) is 11.1. The molecule has 0 spiro atoms. The fourth-order valence-electron chi connectivity index (χ4n) is 3.57. The molecule has 2 aromatic heterocycles. The minimum atomic E-state index is -0.313. The van der Waals surface area contributed by atoms with Gasteiger partial charge in [0.05, 0.1) is 22.3 Å². The lowest BCUT2D eigenvalue weighted by Gasteiger charge is -2.03. The number of hydrogen-bond acceptors (Lipinski definition) is 5. The van der Waals surface area contributed by atoms with E-state index in [0.717, 1.165) is 11.4 Å². The number of halogens is 2. The molecule has 5 rings (SSSR count). The van der Waals surface area contributed by atoms with Crippen LogP contribution in [0.2, 0.25) is 10.0 Å². The molecule has 7 nitrogen and oxygen atoms in total. The van der Waals surface area contributed by atoms with Gasteiger partial charge in [0.2, 0.25) is 5.91 Å². The van der Waals surface area contributed by atoms with Crippen molar-refractivity contribution in [3.05, 3.63) is 94.7 Å². The van der Waals surface area contributed by atoms with Crippen molar-refractivity contribution >= 4 is 51.9 Å². The number of carbonyl (C=O) groups excluding carboxylic acids is 1. The molecule has 0 unspecified atom stereocenters. The van der Waals surface area contributed by atoms with Crippen LogP contribution in [0.15, 0.2) is 83.3 Å². The van der Waals surface area contributed by atoms with Gasteiger partial charge in [0, 0.05) is 17.3 Å².